The lowest BCUT2D eigenvalue weighted by molar-refractivity contribution is -0.139. The van der Waals surface area contributed by atoms with Gasteiger partial charge >= 0.3 is 0 Å². The van der Waals surface area contributed by atoms with Crippen molar-refractivity contribution in [3.8, 4) is 0 Å². The first-order valence-corrected chi connectivity index (χ1v) is 10.0. The van der Waals surface area contributed by atoms with Crippen LogP contribution < -0.4 is 16.0 Å². The van der Waals surface area contributed by atoms with Crippen LogP contribution >= 0.6 is 0 Å². The van der Waals surface area contributed by atoms with Crippen molar-refractivity contribution in [2.45, 2.75) is 36.8 Å². The molecule has 3 atom stereocenters. The van der Waals surface area contributed by atoms with E-state index in [9.17, 15) is 9.59 Å². The van der Waals surface area contributed by atoms with Crippen molar-refractivity contribution >= 4 is 17.5 Å². The topological polar surface area (TPSA) is 73.5 Å². The first-order chi connectivity index (χ1) is 13.2. The maximum Gasteiger partial charge on any atom is 0.245 e. The van der Waals surface area contributed by atoms with Crippen molar-refractivity contribution in [3.63, 3.8) is 0 Å². The van der Waals surface area contributed by atoms with Crippen LogP contribution in [0.25, 0.3) is 0 Å². The fraction of sp³-hybridized carbons (Fsp3) is 0.524. The van der Waals surface area contributed by atoms with Gasteiger partial charge in [0.1, 0.15) is 11.6 Å². The van der Waals surface area contributed by atoms with Crippen molar-refractivity contribution in [1.82, 2.24) is 15.5 Å². The molecule has 4 aliphatic rings. The molecule has 0 saturated carbocycles. The van der Waals surface area contributed by atoms with Gasteiger partial charge in [-0.25, -0.2) is 0 Å². The zero-order valence-corrected chi connectivity index (χ0v) is 15.4. The molecule has 6 nitrogen and oxygen atoms in total. The maximum atomic E-state index is 13.4. The van der Waals surface area contributed by atoms with E-state index >= 15 is 0 Å². The number of likely N-dealkylation sites (tertiary alicyclic amines) is 1. The summed E-state index contributed by atoms with van der Waals surface area (Å²) in [5.74, 6) is 0.859. The molecule has 27 heavy (non-hydrogen) atoms. The normalized spacial score (nSPS) is 31.0. The molecule has 0 radical (unpaired) electrons. The fourth-order valence-electron chi connectivity index (χ4n) is 5.22. The Labute approximate surface area is 159 Å². The van der Waals surface area contributed by atoms with Gasteiger partial charge in [0, 0.05) is 43.7 Å². The van der Waals surface area contributed by atoms with Gasteiger partial charge in [-0.1, -0.05) is 30.4 Å². The first-order valence-electron chi connectivity index (χ1n) is 10.0. The van der Waals surface area contributed by atoms with E-state index in [1.165, 1.54) is 5.56 Å². The third kappa shape index (κ3) is 2.65. The highest BCUT2D eigenvalue weighted by Gasteiger charge is 2.46. The molecule has 3 N–H and O–H groups in total. The maximum absolute atomic E-state index is 13.4. The molecule has 142 valence electrons. The van der Waals surface area contributed by atoms with Crippen molar-refractivity contribution in [3.05, 3.63) is 42.0 Å². The van der Waals surface area contributed by atoms with Crippen molar-refractivity contribution in [2.24, 2.45) is 5.92 Å². The minimum Gasteiger partial charge on any atom is -0.373 e. The van der Waals surface area contributed by atoms with Gasteiger partial charge in [-0.2, -0.15) is 0 Å². The van der Waals surface area contributed by atoms with E-state index in [4.69, 9.17) is 0 Å². The number of amides is 2. The Hall–Kier alpha value is -2.34. The number of hydrogen-bond donors (Lipinski definition) is 3. The molecule has 1 aliphatic carbocycles. The van der Waals surface area contributed by atoms with Crippen LogP contribution in [0.2, 0.25) is 0 Å². The Bertz CT molecular complexity index is 797. The van der Waals surface area contributed by atoms with E-state index in [0.29, 0.717) is 38.4 Å². The summed E-state index contributed by atoms with van der Waals surface area (Å²) >= 11 is 0. The van der Waals surface area contributed by atoms with Crippen LogP contribution in [0.4, 0.5) is 5.69 Å². The molecule has 2 fully saturated rings. The quantitative estimate of drug-likeness (QED) is 0.654. The molecule has 1 aromatic carbocycles. The lowest BCUT2D eigenvalue weighted by Crippen LogP contribution is -2.67. The predicted molar refractivity (Wildman–Crippen MR) is 103 cm³/mol. The van der Waals surface area contributed by atoms with E-state index in [0.717, 1.165) is 18.7 Å². The number of rotatable bonds is 1. The summed E-state index contributed by atoms with van der Waals surface area (Å²) in [6.07, 6.45) is 6.76. The van der Waals surface area contributed by atoms with Crippen molar-refractivity contribution < 1.29 is 9.59 Å². The van der Waals surface area contributed by atoms with Crippen LogP contribution in [0, 0.1) is 5.92 Å². The number of piperazine rings is 1. The molecule has 5 rings (SSSR count). The van der Waals surface area contributed by atoms with E-state index in [1.807, 2.05) is 11.0 Å². The zero-order chi connectivity index (χ0) is 18.4. The molecule has 6 heteroatoms. The average molecular weight is 366 g/mol. The molecule has 0 unspecified atom stereocenters. The molecule has 1 aromatic rings. The summed E-state index contributed by atoms with van der Waals surface area (Å²) in [7, 11) is 0. The number of allylic oxidation sites excluding steroid dienone is 2. The number of nitrogens with zero attached hydrogens (tertiary/aromatic N) is 1. The molecular formula is C21H26N4O2. The third-order valence-corrected chi connectivity index (χ3v) is 6.78. The van der Waals surface area contributed by atoms with Crippen LogP contribution in [0.5, 0.6) is 0 Å². The van der Waals surface area contributed by atoms with Gasteiger partial charge in [-0.05, 0) is 30.9 Å². The summed E-state index contributed by atoms with van der Waals surface area (Å²) in [4.78, 5) is 27.7. The minimum absolute atomic E-state index is 0.0885. The molecule has 2 saturated heterocycles. The zero-order valence-electron chi connectivity index (χ0n) is 15.4. The highest BCUT2D eigenvalue weighted by Crippen LogP contribution is 2.45. The van der Waals surface area contributed by atoms with Crippen LogP contribution in [0.1, 0.15) is 30.7 Å². The molecule has 1 spiro atoms. The summed E-state index contributed by atoms with van der Waals surface area (Å²) < 4.78 is 0. The summed E-state index contributed by atoms with van der Waals surface area (Å²) in [6.45, 7) is 2.74. The number of piperidine rings is 1. The van der Waals surface area contributed by atoms with Gasteiger partial charge in [0.15, 0.2) is 0 Å². The molecular weight excluding hydrogens is 340 g/mol. The first kappa shape index (κ1) is 16.8. The predicted octanol–water partition coefficient (Wildman–Crippen LogP) is 1.22. The van der Waals surface area contributed by atoms with Gasteiger partial charge in [-0.15, -0.1) is 0 Å². The molecule has 3 heterocycles. The molecule has 3 aliphatic heterocycles. The monoisotopic (exact) mass is 366 g/mol. The van der Waals surface area contributed by atoms with Crippen molar-refractivity contribution in [2.75, 3.05) is 31.5 Å². The van der Waals surface area contributed by atoms with E-state index in [-0.39, 0.29) is 23.8 Å². The lowest BCUT2D eigenvalue weighted by atomic mass is 9.78. The standard InChI is InChI=1S/C21H26N4O2/c26-19(25-12-8-21(9-13-25)20(27)22-10-11-23-21)18-16-6-3-5-14(16)15-4-1-2-7-17(15)24-18/h1-5,7,14,16,18,23-24H,6,8-13H2,(H,22,27)/t14-,16+,18-/m1/s1. The van der Waals surface area contributed by atoms with Crippen LogP contribution in [-0.2, 0) is 9.59 Å². The number of para-hydroxylation sites is 1. The minimum atomic E-state index is -0.487. The van der Waals surface area contributed by atoms with Crippen molar-refractivity contribution in [1.29, 1.82) is 0 Å². The number of fused-ring (bicyclic) bond motifs is 3. The third-order valence-electron chi connectivity index (χ3n) is 6.78. The van der Waals surface area contributed by atoms with Gasteiger partial charge in [0.25, 0.3) is 0 Å². The van der Waals surface area contributed by atoms with E-state index in [1.54, 1.807) is 0 Å². The van der Waals surface area contributed by atoms with Crippen LogP contribution in [0.15, 0.2) is 36.4 Å². The highest BCUT2D eigenvalue weighted by molar-refractivity contribution is 5.89. The Balaban J connectivity index is 1.33. The number of anilines is 1. The summed E-state index contributed by atoms with van der Waals surface area (Å²) in [5, 5.41) is 9.88. The second-order valence-corrected chi connectivity index (χ2v) is 8.15. The Morgan fingerprint density at radius 3 is 2.78 bits per heavy atom. The molecule has 0 aromatic heterocycles. The second-order valence-electron chi connectivity index (χ2n) is 8.15. The number of hydrogen-bond acceptors (Lipinski definition) is 4. The lowest BCUT2D eigenvalue weighted by Gasteiger charge is -2.45. The molecule has 0 bridgehead atoms. The Morgan fingerprint density at radius 2 is 1.96 bits per heavy atom. The van der Waals surface area contributed by atoms with Gasteiger partial charge < -0.3 is 20.9 Å². The average Bonchev–Trinajstić information content (AvgIpc) is 3.20. The second kappa shape index (κ2) is 6.37. The Morgan fingerprint density at radius 1 is 1.15 bits per heavy atom. The number of nitrogens with one attached hydrogen (secondary N) is 3. The summed E-state index contributed by atoms with van der Waals surface area (Å²) in [6, 6.07) is 8.12. The smallest absolute Gasteiger partial charge is 0.245 e. The van der Waals surface area contributed by atoms with Crippen LogP contribution in [0.3, 0.4) is 0 Å². The van der Waals surface area contributed by atoms with Gasteiger partial charge in [0.2, 0.25) is 11.8 Å². The van der Waals surface area contributed by atoms with Crippen LogP contribution in [-0.4, -0.2) is 54.5 Å². The number of carbonyl (C=O) groups is 2. The highest BCUT2D eigenvalue weighted by atomic mass is 16.2. The fourth-order valence-corrected chi connectivity index (χ4v) is 5.22. The van der Waals surface area contributed by atoms with Gasteiger partial charge in [0.05, 0.1) is 0 Å². The SMILES string of the molecule is O=C([C@@H]1Nc2ccccc2[C@H]2C=CC[C@@H]21)N1CCC2(CC1)NCCNC2=O. The Kier molecular flexibility index (Phi) is 3.97. The molecule has 2 amide bonds. The van der Waals surface area contributed by atoms with E-state index in [2.05, 4.69) is 46.3 Å². The number of benzene rings is 1. The van der Waals surface area contributed by atoms with E-state index < -0.39 is 5.54 Å². The largest absolute Gasteiger partial charge is 0.373 e. The summed E-state index contributed by atoms with van der Waals surface area (Å²) in [5.41, 5.74) is 1.88. The number of carbonyl (C=O) groups excluding carboxylic acids is 2. The van der Waals surface area contributed by atoms with Gasteiger partial charge in [-0.3, -0.25) is 9.59 Å².